The van der Waals surface area contributed by atoms with Crippen molar-refractivity contribution < 1.29 is 0 Å². The molecular weight excluding hydrogens is 196 g/mol. The Morgan fingerprint density at radius 2 is 2.23 bits per heavy atom. The van der Waals surface area contributed by atoms with Gasteiger partial charge in [-0.2, -0.15) is 0 Å². The Hall–Kier alpha value is -0.210. The van der Waals surface area contributed by atoms with Crippen LogP contribution in [0.15, 0.2) is 22.4 Å². The van der Waals surface area contributed by atoms with Crippen molar-refractivity contribution in [1.82, 2.24) is 0 Å². The lowest BCUT2D eigenvalue weighted by Gasteiger charge is -2.10. The molecule has 0 amide bonds. The molecule has 0 N–H and O–H groups in total. The number of thiophene rings is 1. The van der Waals surface area contributed by atoms with Crippen molar-refractivity contribution in [1.29, 1.82) is 0 Å². The van der Waals surface area contributed by atoms with Crippen LogP contribution < -0.4 is 0 Å². The third kappa shape index (κ3) is 2.18. The summed E-state index contributed by atoms with van der Waals surface area (Å²) in [6.45, 7) is 0. The molecule has 0 aliphatic heterocycles. The smallest absolute Gasteiger partial charge is 0.0602 e. The molecule has 1 heterocycles. The molecule has 0 atom stereocenters. The molecule has 0 radical (unpaired) electrons. The second kappa shape index (κ2) is 4.34. The van der Waals surface area contributed by atoms with Crippen LogP contribution in [0.3, 0.4) is 0 Å². The van der Waals surface area contributed by atoms with Gasteiger partial charge in [0.1, 0.15) is 0 Å². The second-order valence-electron chi connectivity index (χ2n) is 3.30. The average molecular weight is 210 g/mol. The Labute approximate surface area is 88.1 Å². The van der Waals surface area contributed by atoms with E-state index in [0.717, 1.165) is 0 Å². The van der Waals surface area contributed by atoms with Gasteiger partial charge >= 0.3 is 0 Å². The van der Waals surface area contributed by atoms with E-state index >= 15 is 0 Å². The van der Waals surface area contributed by atoms with Crippen molar-refractivity contribution in [3.8, 4) is 0 Å². The predicted molar refractivity (Wildman–Crippen MR) is 62.5 cm³/mol. The van der Waals surface area contributed by atoms with E-state index in [9.17, 15) is 0 Å². The molecule has 1 aromatic rings. The molecule has 0 fully saturated rings. The highest BCUT2D eigenvalue weighted by Crippen LogP contribution is 2.34. The highest BCUT2D eigenvalue weighted by molar-refractivity contribution is 8.00. The number of hydrogen-bond donors (Lipinski definition) is 0. The second-order valence-corrected chi connectivity index (χ2v) is 5.49. The lowest BCUT2D eigenvalue weighted by Crippen LogP contribution is -1.88. The largest absolute Gasteiger partial charge is 0.129 e. The highest BCUT2D eigenvalue weighted by Gasteiger charge is 2.08. The summed E-state index contributed by atoms with van der Waals surface area (Å²) in [7, 11) is 0. The maximum atomic E-state index is 2.42. The van der Waals surface area contributed by atoms with Gasteiger partial charge in [0.25, 0.3) is 0 Å². The van der Waals surface area contributed by atoms with Gasteiger partial charge in [-0.3, -0.25) is 0 Å². The van der Waals surface area contributed by atoms with E-state index in [2.05, 4.69) is 24.5 Å². The van der Waals surface area contributed by atoms with Crippen molar-refractivity contribution >= 4 is 28.7 Å². The molecule has 0 aromatic carbocycles. The Kier molecular flexibility index (Phi) is 3.12. The van der Waals surface area contributed by atoms with Gasteiger partial charge in [-0.1, -0.05) is 6.08 Å². The van der Waals surface area contributed by atoms with E-state index < -0.39 is 0 Å². The van der Waals surface area contributed by atoms with E-state index in [0.29, 0.717) is 0 Å². The average Bonchev–Trinajstić information content (AvgIpc) is 2.67. The van der Waals surface area contributed by atoms with Crippen LogP contribution >= 0.6 is 23.1 Å². The quantitative estimate of drug-likeness (QED) is 0.651. The molecule has 1 aromatic heterocycles. The zero-order chi connectivity index (χ0) is 9.10. The summed E-state index contributed by atoms with van der Waals surface area (Å²) >= 11 is 3.78. The van der Waals surface area contributed by atoms with Crippen LogP contribution in [0.2, 0.25) is 0 Å². The predicted octanol–water partition coefficient (Wildman–Crippen LogP) is 4.43. The number of allylic oxidation sites excluding steroid dienone is 2. The van der Waals surface area contributed by atoms with Crippen LogP contribution in [0.25, 0.3) is 5.57 Å². The first-order valence-corrected chi connectivity index (χ1v) is 6.77. The van der Waals surface area contributed by atoms with E-state index in [1.165, 1.54) is 34.8 Å². The molecule has 70 valence electrons. The molecule has 0 unspecified atom stereocenters. The molecule has 0 saturated heterocycles. The van der Waals surface area contributed by atoms with Gasteiger partial charge in [0.2, 0.25) is 0 Å². The lowest BCUT2D eigenvalue weighted by atomic mass is 9.99. The van der Waals surface area contributed by atoms with E-state index in [4.69, 9.17) is 0 Å². The van der Waals surface area contributed by atoms with Gasteiger partial charge in [-0.15, -0.1) is 23.1 Å². The summed E-state index contributed by atoms with van der Waals surface area (Å²) in [5.41, 5.74) is 1.58. The zero-order valence-electron chi connectivity index (χ0n) is 7.88. The Morgan fingerprint density at radius 1 is 1.31 bits per heavy atom. The third-order valence-corrected chi connectivity index (χ3v) is 4.63. The molecule has 0 saturated carbocycles. The van der Waals surface area contributed by atoms with Crippen molar-refractivity contribution in [3.05, 3.63) is 23.1 Å². The van der Waals surface area contributed by atoms with Crippen molar-refractivity contribution in [2.45, 2.75) is 29.9 Å². The first kappa shape index (κ1) is 9.35. The normalized spacial score (nSPS) is 17.2. The van der Waals surface area contributed by atoms with Crippen LogP contribution in [0.1, 0.15) is 30.6 Å². The van der Waals surface area contributed by atoms with Gasteiger partial charge in [0, 0.05) is 4.88 Å². The topological polar surface area (TPSA) is 0 Å². The standard InChI is InChI=1S/C11H14S2/c1-12-11-8-7-10(13-11)9-5-3-2-4-6-9/h5,7-8H,2-4,6H2,1H3. The van der Waals surface area contributed by atoms with Gasteiger partial charge in [-0.25, -0.2) is 0 Å². The van der Waals surface area contributed by atoms with Gasteiger partial charge in [-0.05, 0) is 49.6 Å². The molecule has 1 aliphatic rings. The Morgan fingerprint density at radius 3 is 2.85 bits per heavy atom. The minimum atomic E-state index is 1.28. The van der Waals surface area contributed by atoms with Crippen LogP contribution in [-0.2, 0) is 0 Å². The monoisotopic (exact) mass is 210 g/mol. The SMILES string of the molecule is CSc1ccc(C2=CCCCC2)s1. The van der Waals surface area contributed by atoms with Crippen molar-refractivity contribution in [2.24, 2.45) is 0 Å². The maximum absolute atomic E-state index is 2.42. The lowest BCUT2D eigenvalue weighted by molar-refractivity contribution is 0.743. The number of hydrogen-bond acceptors (Lipinski definition) is 2. The van der Waals surface area contributed by atoms with Crippen LogP contribution in [-0.4, -0.2) is 6.26 Å². The summed E-state index contributed by atoms with van der Waals surface area (Å²) in [6, 6.07) is 4.51. The van der Waals surface area contributed by atoms with E-state index in [1.54, 1.807) is 5.57 Å². The molecule has 1 aliphatic carbocycles. The molecule has 0 nitrogen and oxygen atoms in total. The first-order chi connectivity index (χ1) is 6.40. The summed E-state index contributed by atoms with van der Waals surface area (Å²) < 4.78 is 1.43. The molecule has 13 heavy (non-hydrogen) atoms. The maximum Gasteiger partial charge on any atom is 0.0602 e. The summed E-state index contributed by atoms with van der Waals surface area (Å²) in [5.74, 6) is 0. The Balaban J connectivity index is 2.19. The summed E-state index contributed by atoms with van der Waals surface area (Å²) in [5, 5.41) is 0. The number of rotatable bonds is 2. The van der Waals surface area contributed by atoms with Crippen molar-refractivity contribution in [2.75, 3.05) is 6.26 Å². The molecule has 2 heteroatoms. The third-order valence-electron chi connectivity index (χ3n) is 2.39. The summed E-state index contributed by atoms with van der Waals surface area (Å²) in [4.78, 5) is 1.49. The first-order valence-electron chi connectivity index (χ1n) is 4.73. The fourth-order valence-electron chi connectivity index (χ4n) is 1.66. The Bertz CT molecular complexity index is 310. The minimum Gasteiger partial charge on any atom is -0.129 e. The fraction of sp³-hybridized carbons (Fsp3) is 0.455. The fourth-order valence-corrected chi connectivity index (χ4v) is 3.28. The molecular formula is C11H14S2. The van der Waals surface area contributed by atoms with E-state index in [1.807, 2.05) is 23.1 Å². The minimum absolute atomic E-state index is 1.28. The molecule has 0 spiro atoms. The van der Waals surface area contributed by atoms with E-state index in [-0.39, 0.29) is 0 Å². The van der Waals surface area contributed by atoms with Gasteiger partial charge in [0.05, 0.1) is 4.21 Å². The van der Waals surface area contributed by atoms with Gasteiger partial charge < -0.3 is 0 Å². The van der Waals surface area contributed by atoms with Gasteiger partial charge in [0.15, 0.2) is 0 Å². The van der Waals surface area contributed by atoms with Crippen LogP contribution in [0, 0.1) is 0 Å². The zero-order valence-corrected chi connectivity index (χ0v) is 9.51. The van der Waals surface area contributed by atoms with Crippen LogP contribution in [0.4, 0.5) is 0 Å². The molecule has 0 bridgehead atoms. The summed E-state index contributed by atoms with van der Waals surface area (Å²) in [6.07, 6.45) is 9.88. The molecule has 2 rings (SSSR count). The highest BCUT2D eigenvalue weighted by atomic mass is 32.2. The van der Waals surface area contributed by atoms with Crippen LogP contribution in [0.5, 0.6) is 0 Å². The van der Waals surface area contributed by atoms with Crippen molar-refractivity contribution in [3.63, 3.8) is 0 Å². The number of thioether (sulfide) groups is 1.